The van der Waals surface area contributed by atoms with Crippen LogP contribution < -0.4 is 10.0 Å². The summed E-state index contributed by atoms with van der Waals surface area (Å²) in [4.78, 5) is 8.61. The van der Waals surface area contributed by atoms with Crippen molar-refractivity contribution in [2.24, 2.45) is 0 Å². The summed E-state index contributed by atoms with van der Waals surface area (Å²) in [7, 11) is -1.74. The van der Waals surface area contributed by atoms with Gasteiger partial charge in [0.05, 0.1) is 10.9 Å². The Morgan fingerprint density at radius 2 is 2.24 bits per heavy atom. The molecule has 0 aliphatic heterocycles. The van der Waals surface area contributed by atoms with E-state index in [2.05, 4.69) is 26.9 Å². The van der Waals surface area contributed by atoms with E-state index in [0.29, 0.717) is 6.54 Å². The first kappa shape index (κ1) is 16.2. The monoisotopic (exact) mass is 328 g/mol. The second-order valence-electron chi connectivity index (χ2n) is 4.75. The maximum atomic E-state index is 12.3. The number of aryl methyl sites for hydroxylation is 1. The predicted molar refractivity (Wildman–Crippen MR) is 83.8 cm³/mol. The fourth-order valence-corrected chi connectivity index (χ4v) is 4.06. The SMILES string of the molecule is CCc1cnc(C(C)NS(=O)(=O)c2c[nH]c(CNC)c2)s1. The molecule has 2 rings (SSSR count). The van der Waals surface area contributed by atoms with E-state index in [4.69, 9.17) is 0 Å². The molecular weight excluding hydrogens is 308 g/mol. The minimum Gasteiger partial charge on any atom is -0.363 e. The fraction of sp³-hybridized carbons (Fsp3) is 0.462. The van der Waals surface area contributed by atoms with Crippen LogP contribution >= 0.6 is 11.3 Å². The Morgan fingerprint density at radius 3 is 2.86 bits per heavy atom. The lowest BCUT2D eigenvalue weighted by Crippen LogP contribution is -2.26. The quantitative estimate of drug-likeness (QED) is 0.723. The normalized spacial score (nSPS) is 13.5. The minimum absolute atomic E-state index is 0.242. The molecule has 0 aliphatic carbocycles. The number of hydrogen-bond acceptors (Lipinski definition) is 5. The number of nitrogens with one attached hydrogen (secondary N) is 3. The van der Waals surface area contributed by atoms with Crippen molar-refractivity contribution in [2.75, 3.05) is 7.05 Å². The summed E-state index contributed by atoms with van der Waals surface area (Å²) in [5.74, 6) is 0. The van der Waals surface area contributed by atoms with Crippen LogP contribution in [0, 0.1) is 0 Å². The van der Waals surface area contributed by atoms with Crippen LogP contribution in [0.5, 0.6) is 0 Å². The predicted octanol–water partition coefficient (Wildman–Crippen LogP) is 1.79. The summed E-state index contributed by atoms with van der Waals surface area (Å²) in [6.07, 6.45) is 4.20. The average molecular weight is 328 g/mol. The number of H-pyrrole nitrogens is 1. The number of sulfonamides is 1. The van der Waals surface area contributed by atoms with Gasteiger partial charge in [-0.1, -0.05) is 6.92 Å². The highest BCUT2D eigenvalue weighted by molar-refractivity contribution is 7.89. The summed E-state index contributed by atoms with van der Waals surface area (Å²) in [6.45, 7) is 4.45. The Labute approximate surface area is 129 Å². The molecule has 2 aromatic rings. The molecule has 8 heteroatoms. The van der Waals surface area contributed by atoms with Crippen LogP contribution in [0.1, 0.15) is 35.5 Å². The molecule has 1 atom stereocenters. The number of hydrogen-bond donors (Lipinski definition) is 3. The topological polar surface area (TPSA) is 86.9 Å². The largest absolute Gasteiger partial charge is 0.363 e. The van der Waals surface area contributed by atoms with Crippen molar-refractivity contribution in [3.05, 3.63) is 34.0 Å². The van der Waals surface area contributed by atoms with Crippen LogP contribution in [0.3, 0.4) is 0 Å². The minimum atomic E-state index is -3.54. The number of nitrogens with zero attached hydrogens (tertiary/aromatic N) is 1. The molecular formula is C13H20N4O2S2. The van der Waals surface area contributed by atoms with Crippen molar-refractivity contribution in [1.82, 2.24) is 20.0 Å². The number of aromatic amines is 1. The van der Waals surface area contributed by atoms with Crippen molar-refractivity contribution < 1.29 is 8.42 Å². The summed E-state index contributed by atoms with van der Waals surface area (Å²) in [6, 6.07) is 1.29. The highest BCUT2D eigenvalue weighted by atomic mass is 32.2. The first-order valence-corrected chi connectivity index (χ1v) is 9.05. The third kappa shape index (κ3) is 3.91. The van der Waals surface area contributed by atoms with Gasteiger partial charge in [-0.3, -0.25) is 0 Å². The molecule has 0 amide bonds. The molecule has 116 valence electrons. The van der Waals surface area contributed by atoms with E-state index in [9.17, 15) is 8.42 Å². The number of aromatic nitrogens is 2. The lowest BCUT2D eigenvalue weighted by atomic mass is 10.4. The van der Waals surface area contributed by atoms with E-state index >= 15 is 0 Å². The Hall–Kier alpha value is -1.22. The first-order valence-electron chi connectivity index (χ1n) is 6.75. The standard InChI is InChI=1S/C13H20N4O2S2/c1-4-11-7-16-13(20-11)9(2)17-21(18,19)12-5-10(6-14-3)15-8-12/h5,7-9,14-15,17H,4,6H2,1-3H3. The Morgan fingerprint density at radius 1 is 1.48 bits per heavy atom. The van der Waals surface area contributed by atoms with Gasteiger partial charge in [0.25, 0.3) is 0 Å². The van der Waals surface area contributed by atoms with E-state index in [0.717, 1.165) is 22.0 Å². The van der Waals surface area contributed by atoms with Gasteiger partial charge in [-0.05, 0) is 26.5 Å². The highest BCUT2D eigenvalue weighted by Crippen LogP contribution is 2.22. The van der Waals surface area contributed by atoms with Crippen molar-refractivity contribution >= 4 is 21.4 Å². The van der Waals surface area contributed by atoms with Crippen LogP contribution in [-0.4, -0.2) is 25.4 Å². The molecule has 6 nitrogen and oxygen atoms in total. The molecule has 0 radical (unpaired) electrons. The van der Waals surface area contributed by atoms with E-state index in [-0.39, 0.29) is 10.9 Å². The molecule has 0 aromatic carbocycles. The average Bonchev–Trinajstić information content (AvgIpc) is 3.07. The number of thiazole rings is 1. The highest BCUT2D eigenvalue weighted by Gasteiger charge is 2.21. The lowest BCUT2D eigenvalue weighted by Gasteiger charge is -2.10. The van der Waals surface area contributed by atoms with Gasteiger partial charge in [0.1, 0.15) is 5.01 Å². The third-order valence-electron chi connectivity index (χ3n) is 3.02. The van der Waals surface area contributed by atoms with Gasteiger partial charge in [-0.2, -0.15) is 0 Å². The van der Waals surface area contributed by atoms with Crippen LogP contribution in [0.25, 0.3) is 0 Å². The Bertz CT molecular complexity index is 691. The molecule has 0 fully saturated rings. The Kier molecular flexibility index (Phi) is 5.15. The summed E-state index contributed by atoms with van der Waals surface area (Å²) >= 11 is 1.53. The maximum absolute atomic E-state index is 12.3. The number of rotatable bonds is 7. The van der Waals surface area contributed by atoms with Crippen molar-refractivity contribution in [1.29, 1.82) is 0 Å². The zero-order chi connectivity index (χ0) is 15.5. The van der Waals surface area contributed by atoms with Crippen LogP contribution in [0.2, 0.25) is 0 Å². The molecule has 1 unspecified atom stereocenters. The first-order chi connectivity index (χ1) is 9.96. The third-order valence-corrected chi connectivity index (χ3v) is 5.86. The van der Waals surface area contributed by atoms with E-state index in [1.807, 2.05) is 7.05 Å². The van der Waals surface area contributed by atoms with Crippen molar-refractivity contribution in [3.63, 3.8) is 0 Å². The van der Waals surface area contributed by atoms with E-state index in [1.165, 1.54) is 17.5 Å². The smallest absolute Gasteiger partial charge is 0.242 e. The van der Waals surface area contributed by atoms with Gasteiger partial charge >= 0.3 is 0 Å². The molecule has 3 N–H and O–H groups in total. The van der Waals surface area contributed by atoms with Gasteiger partial charge in [0.15, 0.2) is 0 Å². The van der Waals surface area contributed by atoms with E-state index < -0.39 is 10.0 Å². The Balaban J connectivity index is 2.12. The molecule has 0 saturated heterocycles. The fourth-order valence-electron chi connectivity index (χ4n) is 1.90. The van der Waals surface area contributed by atoms with Gasteiger partial charge in [0.2, 0.25) is 10.0 Å². The molecule has 0 aliphatic rings. The van der Waals surface area contributed by atoms with Gasteiger partial charge in [0, 0.05) is 29.5 Å². The molecule has 0 saturated carbocycles. The summed E-state index contributed by atoms with van der Waals surface area (Å²) in [5, 5.41) is 3.75. The molecule has 2 heterocycles. The molecule has 0 bridgehead atoms. The zero-order valence-corrected chi connectivity index (χ0v) is 13.9. The molecule has 0 spiro atoms. The van der Waals surface area contributed by atoms with Crippen molar-refractivity contribution in [2.45, 2.75) is 37.8 Å². The summed E-state index contributed by atoms with van der Waals surface area (Å²) < 4.78 is 27.3. The molecule has 21 heavy (non-hydrogen) atoms. The van der Waals surface area contributed by atoms with Crippen LogP contribution in [0.15, 0.2) is 23.4 Å². The second kappa shape index (κ2) is 6.69. The zero-order valence-electron chi connectivity index (χ0n) is 12.3. The molecule has 2 aromatic heterocycles. The van der Waals surface area contributed by atoms with Gasteiger partial charge in [-0.15, -0.1) is 11.3 Å². The lowest BCUT2D eigenvalue weighted by molar-refractivity contribution is 0.566. The van der Waals surface area contributed by atoms with Gasteiger partial charge < -0.3 is 10.3 Å². The second-order valence-corrected chi connectivity index (χ2v) is 7.61. The van der Waals surface area contributed by atoms with Crippen LogP contribution in [-0.2, 0) is 23.0 Å². The van der Waals surface area contributed by atoms with Gasteiger partial charge in [-0.25, -0.2) is 18.1 Å². The maximum Gasteiger partial charge on any atom is 0.242 e. The van der Waals surface area contributed by atoms with Crippen molar-refractivity contribution in [3.8, 4) is 0 Å². The van der Waals surface area contributed by atoms with Crippen LogP contribution in [0.4, 0.5) is 0 Å². The van der Waals surface area contributed by atoms with E-state index in [1.54, 1.807) is 19.2 Å². The summed E-state index contributed by atoms with van der Waals surface area (Å²) in [5.41, 5.74) is 0.827.